The van der Waals surface area contributed by atoms with Crippen molar-refractivity contribution in [3.05, 3.63) is 23.9 Å². The highest BCUT2D eigenvalue weighted by Gasteiger charge is 2.29. The molecule has 3 heteroatoms. The summed E-state index contributed by atoms with van der Waals surface area (Å²) in [6.07, 6.45) is 3.29. The summed E-state index contributed by atoms with van der Waals surface area (Å²) in [6.45, 7) is 18.1. The molecule has 0 spiro atoms. The Morgan fingerprint density at radius 2 is 1.78 bits per heavy atom. The molecule has 104 valence electrons. The Labute approximate surface area is 112 Å². The van der Waals surface area contributed by atoms with E-state index in [2.05, 4.69) is 11.6 Å². The second-order valence-electron chi connectivity index (χ2n) is 3.48. The van der Waals surface area contributed by atoms with Crippen molar-refractivity contribution in [1.29, 1.82) is 0 Å². The van der Waals surface area contributed by atoms with E-state index in [0.717, 1.165) is 5.70 Å². The highest BCUT2D eigenvalue weighted by atomic mass is 16.2. The van der Waals surface area contributed by atoms with E-state index in [9.17, 15) is 4.79 Å². The van der Waals surface area contributed by atoms with Gasteiger partial charge in [-0.05, 0) is 20.8 Å². The van der Waals surface area contributed by atoms with Gasteiger partial charge in [-0.25, -0.2) is 0 Å². The Bertz CT molecular complexity index is 314. The summed E-state index contributed by atoms with van der Waals surface area (Å²) in [5.41, 5.74) is 1.46. The summed E-state index contributed by atoms with van der Waals surface area (Å²) < 4.78 is 0. The van der Waals surface area contributed by atoms with Crippen LogP contribution < -0.4 is 0 Å². The van der Waals surface area contributed by atoms with Crippen LogP contribution in [0.15, 0.2) is 28.9 Å². The summed E-state index contributed by atoms with van der Waals surface area (Å²) in [6, 6.07) is 0.210. The Balaban J connectivity index is 0. The van der Waals surface area contributed by atoms with Crippen LogP contribution in [0.2, 0.25) is 0 Å². The van der Waals surface area contributed by atoms with Crippen LogP contribution in [-0.2, 0) is 4.79 Å². The monoisotopic (exact) mass is 252 g/mol. The average Bonchev–Trinajstić information content (AvgIpc) is 2.71. The molecule has 1 heterocycles. The summed E-state index contributed by atoms with van der Waals surface area (Å²) in [4.78, 5) is 17.8. The number of rotatable bonds is 3. The minimum absolute atomic E-state index is 0.0376. The van der Waals surface area contributed by atoms with Gasteiger partial charge in [-0.2, -0.15) is 0 Å². The molecule has 0 atom stereocenters. The smallest absolute Gasteiger partial charge is 0.256 e. The van der Waals surface area contributed by atoms with Crippen LogP contribution in [0.4, 0.5) is 0 Å². The van der Waals surface area contributed by atoms with Crippen LogP contribution >= 0.6 is 0 Å². The van der Waals surface area contributed by atoms with Gasteiger partial charge in [-0.1, -0.05) is 40.3 Å². The van der Waals surface area contributed by atoms with Gasteiger partial charge in [-0.15, -0.1) is 0 Å². The molecule has 1 aliphatic rings. The maximum absolute atomic E-state index is 11.8. The highest BCUT2D eigenvalue weighted by molar-refractivity contribution is 6.00. The Hall–Kier alpha value is -1.38. The quantitative estimate of drug-likeness (QED) is 0.703. The number of nitrogens with zero attached hydrogens (tertiary/aromatic N) is 2. The van der Waals surface area contributed by atoms with Gasteiger partial charge in [0, 0.05) is 12.3 Å². The van der Waals surface area contributed by atoms with Crippen molar-refractivity contribution < 1.29 is 4.79 Å². The molecule has 18 heavy (non-hydrogen) atoms. The van der Waals surface area contributed by atoms with E-state index in [1.165, 1.54) is 0 Å². The standard InChI is InChI=1S/C11H16N2O.2C2H6/c1-5-9-10(12-6-2)7-13(8(3)4)11(9)14;2*1-2/h5-6,8H,1,7H2,2-4H3;2*1-2H3. The van der Waals surface area contributed by atoms with Crippen molar-refractivity contribution in [1.82, 2.24) is 4.90 Å². The summed E-state index contributed by atoms with van der Waals surface area (Å²) in [7, 11) is 0. The third-order valence-electron chi connectivity index (χ3n) is 2.23. The van der Waals surface area contributed by atoms with Crippen LogP contribution in [0.5, 0.6) is 0 Å². The fourth-order valence-corrected chi connectivity index (χ4v) is 1.48. The largest absolute Gasteiger partial charge is 0.330 e. The van der Waals surface area contributed by atoms with Crippen molar-refractivity contribution in [3.63, 3.8) is 0 Å². The minimum Gasteiger partial charge on any atom is -0.330 e. The maximum atomic E-state index is 11.8. The van der Waals surface area contributed by atoms with Gasteiger partial charge in [0.15, 0.2) is 0 Å². The van der Waals surface area contributed by atoms with E-state index >= 15 is 0 Å². The first-order valence-corrected chi connectivity index (χ1v) is 6.77. The molecule has 0 saturated heterocycles. The van der Waals surface area contributed by atoms with E-state index in [1.807, 2.05) is 48.5 Å². The van der Waals surface area contributed by atoms with Crippen LogP contribution in [0.1, 0.15) is 48.5 Å². The van der Waals surface area contributed by atoms with E-state index in [-0.39, 0.29) is 11.9 Å². The maximum Gasteiger partial charge on any atom is 0.256 e. The Morgan fingerprint density at radius 3 is 2.11 bits per heavy atom. The predicted octanol–water partition coefficient (Wildman–Crippen LogP) is 3.82. The zero-order valence-corrected chi connectivity index (χ0v) is 12.9. The second kappa shape index (κ2) is 10.8. The molecule has 0 bridgehead atoms. The van der Waals surface area contributed by atoms with Gasteiger partial charge >= 0.3 is 0 Å². The molecule has 1 rings (SSSR count). The lowest BCUT2D eigenvalue weighted by molar-refractivity contribution is -0.126. The van der Waals surface area contributed by atoms with Crippen LogP contribution in [0.25, 0.3) is 0 Å². The molecule has 1 amide bonds. The third kappa shape index (κ3) is 4.86. The molecule has 0 aromatic heterocycles. The van der Waals surface area contributed by atoms with Crippen LogP contribution in [0, 0.1) is 0 Å². The SMILES string of the molecule is C=CC1=C(N=CC)CN(C(C)C)C1=O.CC.CC. The van der Waals surface area contributed by atoms with E-state index in [1.54, 1.807) is 17.2 Å². The van der Waals surface area contributed by atoms with Crippen LogP contribution in [0.3, 0.4) is 0 Å². The van der Waals surface area contributed by atoms with Gasteiger partial charge in [0.1, 0.15) is 0 Å². The molecule has 0 aromatic rings. The number of amides is 1. The summed E-state index contributed by atoms with van der Waals surface area (Å²) in [5, 5.41) is 0. The number of hydrogen-bond donors (Lipinski definition) is 0. The topological polar surface area (TPSA) is 32.7 Å². The molecule has 0 aliphatic carbocycles. The lowest BCUT2D eigenvalue weighted by Crippen LogP contribution is -2.33. The summed E-state index contributed by atoms with van der Waals surface area (Å²) in [5.74, 6) is 0.0376. The molecule has 1 aliphatic heterocycles. The lowest BCUT2D eigenvalue weighted by Gasteiger charge is -2.20. The first-order valence-electron chi connectivity index (χ1n) is 6.77. The molecule has 3 nitrogen and oxygen atoms in total. The Kier molecular flexibility index (Phi) is 11.3. The fourth-order valence-electron chi connectivity index (χ4n) is 1.48. The van der Waals surface area contributed by atoms with E-state index in [4.69, 9.17) is 0 Å². The van der Waals surface area contributed by atoms with Gasteiger partial charge in [0.25, 0.3) is 5.91 Å². The molecule has 0 radical (unpaired) electrons. The summed E-state index contributed by atoms with van der Waals surface area (Å²) >= 11 is 0. The lowest BCUT2D eigenvalue weighted by atomic mass is 10.2. The molecule has 0 fully saturated rings. The van der Waals surface area contributed by atoms with Gasteiger partial charge in [0.2, 0.25) is 0 Å². The fraction of sp³-hybridized carbons (Fsp3) is 0.600. The number of aliphatic imine (C=N–C) groups is 1. The van der Waals surface area contributed by atoms with Crippen LogP contribution in [-0.4, -0.2) is 29.6 Å². The van der Waals surface area contributed by atoms with Gasteiger partial charge in [-0.3, -0.25) is 9.79 Å². The van der Waals surface area contributed by atoms with E-state index in [0.29, 0.717) is 12.1 Å². The predicted molar refractivity (Wildman–Crippen MR) is 80.9 cm³/mol. The zero-order chi connectivity index (χ0) is 14.7. The second-order valence-corrected chi connectivity index (χ2v) is 3.48. The molecule has 0 aromatic carbocycles. The Morgan fingerprint density at radius 1 is 1.28 bits per heavy atom. The zero-order valence-electron chi connectivity index (χ0n) is 12.9. The first-order chi connectivity index (χ1) is 8.61. The minimum atomic E-state index is 0.0376. The van der Waals surface area contributed by atoms with Crippen molar-refractivity contribution in [2.45, 2.75) is 54.5 Å². The molecular formula is C15H28N2O. The van der Waals surface area contributed by atoms with Crippen molar-refractivity contribution >= 4 is 12.1 Å². The average molecular weight is 252 g/mol. The first kappa shape index (κ1) is 19.0. The number of carbonyl (C=O) groups is 1. The van der Waals surface area contributed by atoms with E-state index < -0.39 is 0 Å². The molecule has 0 saturated carbocycles. The molecule has 0 unspecified atom stereocenters. The third-order valence-corrected chi connectivity index (χ3v) is 2.23. The van der Waals surface area contributed by atoms with Crippen molar-refractivity contribution in [3.8, 4) is 0 Å². The van der Waals surface area contributed by atoms with Gasteiger partial charge in [0.05, 0.1) is 17.8 Å². The van der Waals surface area contributed by atoms with Crippen molar-refractivity contribution in [2.75, 3.05) is 6.54 Å². The van der Waals surface area contributed by atoms with Crippen molar-refractivity contribution in [2.24, 2.45) is 4.99 Å². The van der Waals surface area contributed by atoms with Gasteiger partial charge < -0.3 is 4.90 Å². The normalized spacial score (nSPS) is 14.4. The molecule has 0 N–H and O–H groups in total. The highest BCUT2D eigenvalue weighted by Crippen LogP contribution is 2.22. The number of carbonyl (C=O) groups excluding carboxylic acids is 1. The molecular weight excluding hydrogens is 224 g/mol. The number of hydrogen-bond acceptors (Lipinski definition) is 2.